The SMILES string of the molecule is CC(C)CCCO.CC(C)CCCO.CC(C)CCCO.O.O.[Zr]. The van der Waals surface area contributed by atoms with Gasteiger partial charge in [-0.05, 0) is 56.3 Å². The molecule has 0 aromatic heterocycles. The molecular weight excluding hydrogens is 387 g/mol. The summed E-state index contributed by atoms with van der Waals surface area (Å²) in [6, 6.07) is 0. The molecule has 0 aliphatic carbocycles. The van der Waals surface area contributed by atoms with Crippen LogP contribution in [-0.2, 0) is 26.2 Å². The van der Waals surface area contributed by atoms with Gasteiger partial charge in [-0.1, -0.05) is 41.5 Å². The van der Waals surface area contributed by atoms with Crippen molar-refractivity contribution in [2.24, 2.45) is 17.8 Å². The van der Waals surface area contributed by atoms with E-state index in [1.165, 1.54) is 0 Å². The van der Waals surface area contributed by atoms with Crippen molar-refractivity contribution in [2.45, 2.75) is 80.1 Å². The summed E-state index contributed by atoms with van der Waals surface area (Å²) in [4.78, 5) is 0. The van der Waals surface area contributed by atoms with Crippen molar-refractivity contribution < 1.29 is 52.5 Å². The standard InChI is InChI=1S/3C6H14O.2H2O.Zr/c3*1-6(2)4-3-5-7;;;/h3*6-7H,3-5H2,1-2H3;2*1H2;. The molecule has 0 unspecified atom stereocenters. The fourth-order valence-corrected chi connectivity index (χ4v) is 1.50. The van der Waals surface area contributed by atoms with Gasteiger partial charge in [0.25, 0.3) is 0 Å². The summed E-state index contributed by atoms with van der Waals surface area (Å²) in [5.41, 5.74) is 0. The Hall–Kier alpha value is 0.683. The van der Waals surface area contributed by atoms with Crippen molar-refractivity contribution in [3.8, 4) is 0 Å². The molecule has 0 aromatic carbocycles. The average Bonchev–Trinajstić information content (AvgIpc) is 2.41. The molecule has 0 aliphatic heterocycles. The van der Waals surface area contributed by atoms with Gasteiger partial charge in [0.15, 0.2) is 0 Å². The normalized spacial score (nSPS) is 9.00. The van der Waals surface area contributed by atoms with Crippen LogP contribution in [0.1, 0.15) is 80.1 Å². The fourth-order valence-electron chi connectivity index (χ4n) is 1.50. The Bertz CT molecular complexity index is 139. The second-order valence-electron chi connectivity index (χ2n) is 6.78. The third-order valence-electron chi connectivity index (χ3n) is 2.82. The van der Waals surface area contributed by atoms with Crippen LogP contribution >= 0.6 is 0 Å². The van der Waals surface area contributed by atoms with Gasteiger partial charge >= 0.3 is 0 Å². The van der Waals surface area contributed by atoms with Crippen molar-refractivity contribution in [2.75, 3.05) is 19.8 Å². The molecule has 0 saturated carbocycles. The molecule has 0 spiro atoms. The van der Waals surface area contributed by atoms with E-state index in [9.17, 15) is 0 Å². The van der Waals surface area contributed by atoms with Gasteiger partial charge < -0.3 is 26.3 Å². The zero-order valence-electron chi connectivity index (χ0n) is 16.9. The van der Waals surface area contributed by atoms with Crippen molar-refractivity contribution in [3.63, 3.8) is 0 Å². The predicted octanol–water partition coefficient (Wildman–Crippen LogP) is 2.59. The first-order valence-corrected chi connectivity index (χ1v) is 8.64. The molecule has 0 radical (unpaired) electrons. The van der Waals surface area contributed by atoms with Crippen LogP contribution in [0.5, 0.6) is 0 Å². The van der Waals surface area contributed by atoms with Crippen LogP contribution in [0.2, 0.25) is 0 Å². The average molecular weight is 434 g/mol. The van der Waals surface area contributed by atoms with Crippen molar-refractivity contribution in [3.05, 3.63) is 0 Å². The summed E-state index contributed by atoms with van der Waals surface area (Å²) in [6.07, 6.45) is 6.32. The van der Waals surface area contributed by atoms with E-state index in [0.29, 0.717) is 19.8 Å². The smallest absolute Gasteiger partial charge is 0.0431 e. The van der Waals surface area contributed by atoms with Crippen LogP contribution in [0, 0.1) is 17.8 Å². The third kappa shape index (κ3) is 66.3. The summed E-state index contributed by atoms with van der Waals surface area (Å²) in [7, 11) is 0. The van der Waals surface area contributed by atoms with Gasteiger partial charge in [-0.15, -0.1) is 0 Å². The van der Waals surface area contributed by atoms with E-state index in [1.54, 1.807) is 0 Å². The molecule has 0 atom stereocenters. The number of aliphatic hydroxyl groups excluding tert-OH is 3. The Balaban J connectivity index is -0.0000000476. The molecule has 5 nitrogen and oxygen atoms in total. The molecule has 0 rings (SSSR count). The molecule has 7 N–H and O–H groups in total. The predicted molar refractivity (Wildman–Crippen MR) is 101 cm³/mol. The monoisotopic (exact) mass is 432 g/mol. The van der Waals surface area contributed by atoms with Gasteiger partial charge in [0.05, 0.1) is 0 Å². The summed E-state index contributed by atoms with van der Waals surface area (Å²) in [5.74, 6) is 2.23. The third-order valence-corrected chi connectivity index (χ3v) is 2.82. The van der Waals surface area contributed by atoms with Gasteiger partial charge in [-0.25, -0.2) is 0 Å². The topological polar surface area (TPSA) is 124 Å². The minimum atomic E-state index is 0. The van der Waals surface area contributed by atoms with E-state index in [2.05, 4.69) is 41.5 Å². The van der Waals surface area contributed by atoms with E-state index < -0.39 is 0 Å². The Morgan fingerprint density at radius 3 is 0.708 bits per heavy atom. The van der Waals surface area contributed by atoms with Gasteiger partial charge in [0.2, 0.25) is 0 Å². The van der Waals surface area contributed by atoms with E-state index in [1.807, 2.05) is 0 Å². The van der Waals surface area contributed by atoms with E-state index in [0.717, 1.165) is 56.3 Å². The molecule has 24 heavy (non-hydrogen) atoms. The van der Waals surface area contributed by atoms with Crippen LogP contribution in [0.15, 0.2) is 0 Å². The van der Waals surface area contributed by atoms with Crippen LogP contribution < -0.4 is 0 Å². The Morgan fingerprint density at radius 2 is 0.667 bits per heavy atom. The van der Waals surface area contributed by atoms with Crippen molar-refractivity contribution in [1.82, 2.24) is 0 Å². The molecule has 0 fully saturated rings. The zero-order valence-corrected chi connectivity index (χ0v) is 19.4. The molecule has 0 saturated heterocycles. The molecule has 152 valence electrons. The minimum absolute atomic E-state index is 0. The first-order valence-electron chi connectivity index (χ1n) is 8.64. The quantitative estimate of drug-likeness (QED) is 0.517. The van der Waals surface area contributed by atoms with E-state index in [-0.39, 0.29) is 37.2 Å². The summed E-state index contributed by atoms with van der Waals surface area (Å²) in [5, 5.41) is 24.9. The Labute approximate surface area is 170 Å². The maximum absolute atomic E-state index is 8.32. The van der Waals surface area contributed by atoms with Crippen LogP contribution in [-0.4, -0.2) is 46.1 Å². The fraction of sp³-hybridized carbons (Fsp3) is 1.00. The minimum Gasteiger partial charge on any atom is -0.412 e. The molecule has 0 amide bonds. The number of hydrogen-bond donors (Lipinski definition) is 3. The molecule has 0 heterocycles. The second kappa shape index (κ2) is 34.9. The van der Waals surface area contributed by atoms with Gasteiger partial charge in [0, 0.05) is 46.0 Å². The molecule has 6 heteroatoms. The number of hydrogen-bond acceptors (Lipinski definition) is 3. The molecule has 0 aromatic rings. The van der Waals surface area contributed by atoms with Gasteiger partial charge in [-0.3, -0.25) is 0 Å². The van der Waals surface area contributed by atoms with E-state index in [4.69, 9.17) is 15.3 Å². The molecule has 0 aliphatic rings. The maximum Gasteiger partial charge on any atom is 0.0431 e. The summed E-state index contributed by atoms with van der Waals surface area (Å²) < 4.78 is 0. The van der Waals surface area contributed by atoms with Gasteiger partial charge in [0.1, 0.15) is 0 Å². The largest absolute Gasteiger partial charge is 0.412 e. The van der Waals surface area contributed by atoms with Crippen LogP contribution in [0.3, 0.4) is 0 Å². The molecular formula is C18H46O5Zr. The van der Waals surface area contributed by atoms with Crippen molar-refractivity contribution in [1.29, 1.82) is 0 Å². The second-order valence-corrected chi connectivity index (χ2v) is 6.78. The first-order chi connectivity index (χ1) is 9.81. The van der Waals surface area contributed by atoms with Crippen molar-refractivity contribution >= 4 is 0 Å². The number of rotatable bonds is 9. The van der Waals surface area contributed by atoms with Crippen LogP contribution in [0.4, 0.5) is 0 Å². The number of aliphatic hydroxyl groups is 3. The Morgan fingerprint density at radius 1 is 0.500 bits per heavy atom. The van der Waals surface area contributed by atoms with E-state index >= 15 is 0 Å². The molecule has 0 bridgehead atoms. The Kier molecular flexibility index (Phi) is 57.7. The zero-order chi connectivity index (χ0) is 17.1. The van der Waals surface area contributed by atoms with Gasteiger partial charge in [-0.2, -0.15) is 0 Å². The summed E-state index contributed by atoms with van der Waals surface area (Å²) in [6.45, 7) is 14.0. The maximum atomic E-state index is 8.32. The first kappa shape index (κ1) is 39.7. The summed E-state index contributed by atoms with van der Waals surface area (Å²) >= 11 is 0. The van der Waals surface area contributed by atoms with Crippen LogP contribution in [0.25, 0.3) is 0 Å².